The summed E-state index contributed by atoms with van der Waals surface area (Å²) in [6.45, 7) is 8.83. The minimum absolute atomic E-state index is 0.0270. The third-order valence-corrected chi connectivity index (χ3v) is 12.2. The Labute approximate surface area is 265 Å². The molecule has 10 nitrogen and oxygen atoms in total. The first-order valence-corrected chi connectivity index (χ1v) is 17.0. The number of ether oxygens (including phenoxy) is 1. The van der Waals surface area contributed by atoms with Crippen LogP contribution in [0.15, 0.2) is 59.8 Å². The van der Waals surface area contributed by atoms with Gasteiger partial charge in [0, 0.05) is 51.3 Å². The quantitative estimate of drug-likeness (QED) is 0.288. The number of pyridine rings is 1. The molecular weight excluding hydrogens is 588 g/mol. The zero-order valence-corrected chi connectivity index (χ0v) is 27.5. The molecule has 1 amide bonds. The van der Waals surface area contributed by atoms with E-state index in [-0.39, 0.29) is 16.2 Å². The SMILES string of the molecule is COc1cc(C)c(S(=O)(=O)N(C)C(C)c2nc3c(C(=O)N4CCC5(CC4)CCN(c4ccncc4)CC5)cccc3[nH]2)c(C)c1. The highest BCUT2D eigenvalue weighted by Gasteiger charge is 2.39. The Morgan fingerprint density at radius 3 is 2.24 bits per heavy atom. The number of fused-ring (bicyclic) bond motifs is 1. The van der Waals surface area contributed by atoms with Gasteiger partial charge in [0.2, 0.25) is 10.0 Å². The van der Waals surface area contributed by atoms with Crippen molar-refractivity contribution < 1.29 is 17.9 Å². The number of aryl methyl sites for hydroxylation is 2. The Balaban J connectivity index is 1.16. The van der Waals surface area contributed by atoms with E-state index in [4.69, 9.17) is 9.72 Å². The van der Waals surface area contributed by atoms with Crippen molar-refractivity contribution in [3.8, 4) is 5.75 Å². The molecule has 4 heterocycles. The molecule has 0 bridgehead atoms. The second kappa shape index (κ2) is 12.1. The summed E-state index contributed by atoms with van der Waals surface area (Å²) < 4.78 is 34.2. The Hall–Kier alpha value is -3.96. The van der Waals surface area contributed by atoms with Crippen LogP contribution < -0.4 is 9.64 Å². The number of carbonyl (C=O) groups is 1. The lowest BCUT2D eigenvalue weighted by Crippen LogP contribution is -2.48. The van der Waals surface area contributed by atoms with Crippen LogP contribution in [0.1, 0.15) is 66.0 Å². The van der Waals surface area contributed by atoms with Gasteiger partial charge in [0.25, 0.3) is 5.91 Å². The molecule has 0 aliphatic carbocycles. The van der Waals surface area contributed by atoms with Gasteiger partial charge in [-0.1, -0.05) is 6.07 Å². The molecule has 238 valence electrons. The van der Waals surface area contributed by atoms with Gasteiger partial charge in [0.15, 0.2) is 0 Å². The van der Waals surface area contributed by atoms with E-state index in [0.29, 0.717) is 39.3 Å². The van der Waals surface area contributed by atoms with Crippen LogP contribution in [0, 0.1) is 19.3 Å². The number of nitrogens with one attached hydrogen (secondary N) is 1. The van der Waals surface area contributed by atoms with Crippen LogP contribution in [0.4, 0.5) is 5.69 Å². The number of sulfonamides is 1. The van der Waals surface area contributed by atoms with Crippen LogP contribution in [-0.4, -0.2) is 78.8 Å². The second-order valence-electron chi connectivity index (χ2n) is 12.6. The van der Waals surface area contributed by atoms with E-state index >= 15 is 0 Å². The van der Waals surface area contributed by atoms with Gasteiger partial charge in [-0.2, -0.15) is 4.31 Å². The number of piperidine rings is 2. The molecule has 4 aromatic rings. The molecule has 2 aromatic carbocycles. The topological polar surface area (TPSA) is 112 Å². The molecule has 0 radical (unpaired) electrons. The van der Waals surface area contributed by atoms with E-state index in [0.717, 1.165) is 51.9 Å². The molecule has 45 heavy (non-hydrogen) atoms. The van der Waals surface area contributed by atoms with Gasteiger partial charge in [-0.25, -0.2) is 13.4 Å². The highest BCUT2D eigenvalue weighted by Crippen LogP contribution is 2.42. The number of methoxy groups -OCH3 is 1. The van der Waals surface area contributed by atoms with Crippen LogP contribution in [-0.2, 0) is 10.0 Å². The van der Waals surface area contributed by atoms with Crippen molar-refractivity contribution in [1.29, 1.82) is 0 Å². The van der Waals surface area contributed by atoms with E-state index in [1.165, 1.54) is 9.99 Å². The summed E-state index contributed by atoms with van der Waals surface area (Å²) in [5.74, 6) is 1.07. The summed E-state index contributed by atoms with van der Waals surface area (Å²) in [5, 5.41) is 0. The molecule has 2 fully saturated rings. The number of rotatable bonds is 7. The number of aromatic amines is 1. The van der Waals surface area contributed by atoms with Crippen LogP contribution in [0.5, 0.6) is 5.75 Å². The lowest BCUT2D eigenvalue weighted by Gasteiger charge is -2.47. The molecule has 0 saturated carbocycles. The number of nitrogens with zero attached hydrogens (tertiary/aromatic N) is 5. The number of aromatic nitrogens is 3. The maximum absolute atomic E-state index is 13.8. The fourth-order valence-corrected chi connectivity index (χ4v) is 8.77. The second-order valence-corrected chi connectivity index (χ2v) is 14.5. The molecule has 1 atom stereocenters. The van der Waals surface area contributed by atoms with Crippen LogP contribution >= 0.6 is 0 Å². The number of anilines is 1. The fourth-order valence-electron chi connectivity index (χ4n) is 7.03. The molecule has 2 saturated heterocycles. The molecule has 1 N–H and O–H groups in total. The number of carbonyl (C=O) groups excluding carboxylic acids is 1. The molecular formula is C34H42N6O4S. The zero-order chi connectivity index (χ0) is 31.9. The summed E-state index contributed by atoms with van der Waals surface area (Å²) in [4.78, 5) is 30.7. The minimum atomic E-state index is -3.85. The van der Waals surface area contributed by atoms with Crippen molar-refractivity contribution in [2.24, 2.45) is 5.41 Å². The Morgan fingerprint density at radius 1 is 1.00 bits per heavy atom. The predicted octanol–water partition coefficient (Wildman–Crippen LogP) is 5.49. The number of amides is 1. The maximum atomic E-state index is 13.8. The zero-order valence-electron chi connectivity index (χ0n) is 26.7. The predicted molar refractivity (Wildman–Crippen MR) is 175 cm³/mol. The van der Waals surface area contributed by atoms with Crippen molar-refractivity contribution in [3.05, 3.63) is 77.4 Å². The third kappa shape index (κ3) is 5.79. The van der Waals surface area contributed by atoms with Gasteiger partial charge < -0.3 is 19.5 Å². The van der Waals surface area contributed by atoms with Crippen molar-refractivity contribution >= 4 is 32.7 Å². The first-order valence-electron chi connectivity index (χ1n) is 15.6. The number of likely N-dealkylation sites (tertiary alicyclic amines) is 1. The number of para-hydroxylation sites is 1. The first kappa shape index (κ1) is 31.0. The molecule has 2 aliphatic rings. The number of imidazole rings is 1. The highest BCUT2D eigenvalue weighted by molar-refractivity contribution is 7.89. The number of H-pyrrole nitrogens is 1. The maximum Gasteiger partial charge on any atom is 0.256 e. The third-order valence-electron chi connectivity index (χ3n) is 9.97. The van der Waals surface area contributed by atoms with Crippen LogP contribution in [0.2, 0.25) is 0 Å². The van der Waals surface area contributed by atoms with Crippen molar-refractivity contribution in [2.75, 3.05) is 45.2 Å². The molecule has 1 spiro atoms. The normalized spacial score (nSPS) is 17.6. The molecule has 6 rings (SSSR count). The Bertz CT molecular complexity index is 1780. The van der Waals surface area contributed by atoms with E-state index in [1.807, 2.05) is 35.5 Å². The van der Waals surface area contributed by atoms with Crippen molar-refractivity contribution in [1.82, 2.24) is 24.2 Å². The minimum Gasteiger partial charge on any atom is -0.497 e. The van der Waals surface area contributed by atoms with E-state index in [1.54, 1.807) is 47.1 Å². The Morgan fingerprint density at radius 2 is 1.62 bits per heavy atom. The standard InChI is InChI=1S/C34H42N6O4S/c1-23-21-27(44-5)22-24(2)31(23)45(42,43)38(4)25(3)32-36-29-8-6-7-28(30(29)37-32)33(41)40-19-13-34(14-20-40)11-17-39(18-12-34)26-9-15-35-16-10-26/h6-10,15-16,21-22,25H,11-14,17-20H2,1-5H3,(H,36,37). The van der Waals surface area contributed by atoms with E-state index < -0.39 is 16.1 Å². The first-order chi connectivity index (χ1) is 21.5. The average Bonchev–Trinajstić information content (AvgIpc) is 3.49. The molecule has 1 unspecified atom stereocenters. The smallest absolute Gasteiger partial charge is 0.256 e. The number of hydrogen-bond donors (Lipinski definition) is 1. The summed E-state index contributed by atoms with van der Waals surface area (Å²) in [6, 6.07) is 12.6. The lowest BCUT2D eigenvalue weighted by atomic mass is 9.71. The van der Waals surface area contributed by atoms with Crippen LogP contribution in [0.25, 0.3) is 11.0 Å². The van der Waals surface area contributed by atoms with E-state index in [9.17, 15) is 13.2 Å². The van der Waals surface area contributed by atoms with Gasteiger partial charge in [-0.15, -0.1) is 0 Å². The number of hydrogen-bond acceptors (Lipinski definition) is 7. The van der Waals surface area contributed by atoms with Crippen LogP contribution in [0.3, 0.4) is 0 Å². The summed E-state index contributed by atoms with van der Waals surface area (Å²) >= 11 is 0. The monoisotopic (exact) mass is 630 g/mol. The largest absolute Gasteiger partial charge is 0.497 e. The summed E-state index contributed by atoms with van der Waals surface area (Å²) in [6.07, 6.45) is 7.93. The van der Waals surface area contributed by atoms with E-state index in [2.05, 4.69) is 27.0 Å². The average molecular weight is 631 g/mol. The van der Waals surface area contributed by atoms with Gasteiger partial charge in [0.1, 0.15) is 17.1 Å². The summed E-state index contributed by atoms with van der Waals surface area (Å²) in [5.41, 5.74) is 4.55. The molecule has 11 heteroatoms. The Kier molecular flexibility index (Phi) is 8.34. The fraction of sp³-hybridized carbons (Fsp3) is 0.441. The molecule has 2 aromatic heterocycles. The van der Waals surface area contributed by atoms with Crippen molar-refractivity contribution in [2.45, 2.75) is 57.4 Å². The molecule has 2 aliphatic heterocycles. The number of benzene rings is 2. The van der Waals surface area contributed by atoms with Gasteiger partial charge in [0.05, 0.1) is 29.1 Å². The van der Waals surface area contributed by atoms with Gasteiger partial charge in [-0.3, -0.25) is 9.78 Å². The van der Waals surface area contributed by atoms with Gasteiger partial charge in [-0.05, 0) is 99.4 Å². The summed E-state index contributed by atoms with van der Waals surface area (Å²) in [7, 11) is -0.724. The lowest BCUT2D eigenvalue weighted by molar-refractivity contribution is 0.0516. The van der Waals surface area contributed by atoms with Gasteiger partial charge >= 0.3 is 0 Å². The van der Waals surface area contributed by atoms with Crippen molar-refractivity contribution in [3.63, 3.8) is 0 Å². The highest BCUT2D eigenvalue weighted by atomic mass is 32.2.